The van der Waals surface area contributed by atoms with Crippen molar-refractivity contribution >= 4 is 16.9 Å². The molecular formula is C20H28N4O. The van der Waals surface area contributed by atoms with Gasteiger partial charge in [0.2, 0.25) is 5.91 Å². The molecule has 1 N–H and O–H groups in total. The molecule has 2 heterocycles. The normalized spacial score (nSPS) is 22.8. The average molecular weight is 340 g/mol. The van der Waals surface area contributed by atoms with Crippen molar-refractivity contribution in [3.05, 3.63) is 30.1 Å². The highest BCUT2D eigenvalue weighted by Crippen LogP contribution is 2.32. The fourth-order valence-corrected chi connectivity index (χ4v) is 3.86. The number of para-hydroxylation sites is 2. The van der Waals surface area contributed by atoms with Gasteiger partial charge >= 0.3 is 0 Å². The van der Waals surface area contributed by atoms with Crippen LogP contribution >= 0.6 is 0 Å². The summed E-state index contributed by atoms with van der Waals surface area (Å²) in [6.07, 6.45) is 3.20. The summed E-state index contributed by atoms with van der Waals surface area (Å²) in [6, 6.07) is 8.45. The Morgan fingerprint density at radius 3 is 2.80 bits per heavy atom. The summed E-state index contributed by atoms with van der Waals surface area (Å²) in [7, 11) is 0. The van der Waals surface area contributed by atoms with Crippen LogP contribution in [-0.4, -0.2) is 51.4 Å². The van der Waals surface area contributed by atoms with Gasteiger partial charge in [0, 0.05) is 32.1 Å². The molecule has 1 aromatic carbocycles. The molecule has 134 valence electrons. The first-order chi connectivity index (χ1) is 12.1. The number of aromatic nitrogens is 2. The summed E-state index contributed by atoms with van der Waals surface area (Å²) in [5.41, 5.74) is 2.10. The third kappa shape index (κ3) is 3.71. The van der Waals surface area contributed by atoms with Crippen LogP contribution in [-0.2, 0) is 11.3 Å². The van der Waals surface area contributed by atoms with Gasteiger partial charge in [0.05, 0.1) is 17.6 Å². The van der Waals surface area contributed by atoms with E-state index in [9.17, 15) is 4.79 Å². The van der Waals surface area contributed by atoms with Gasteiger partial charge < -0.3 is 9.88 Å². The van der Waals surface area contributed by atoms with Crippen molar-refractivity contribution in [1.29, 1.82) is 0 Å². The molecule has 1 aliphatic carbocycles. The molecule has 1 atom stereocenters. The number of H-pyrrole nitrogens is 1. The lowest BCUT2D eigenvalue weighted by atomic mass is 10.0. The fraction of sp³-hybridized carbons (Fsp3) is 0.600. The Morgan fingerprint density at radius 1 is 1.28 bits per heavy atom. The highest BCUT2D eigenvalue weighted by molar-refractivity contribution is 5.77. The van der Waals surface area contributed by atoms with Gasteiger partial charge in [-0.15, -0.1) is 0 Å². The summed E-state index contributed by atoms with van der Waals surface area (Å²) in [4.78, 5) is 25.4. The Labute approximate surface area is 149 Å². The Kier molecular flexibility index (Phi) is 4.50. The van der Waals surface area contributed by atoms with Gasteiger partial charge in [-0.2, -0.15) is 0 Å². The van der Waals surface area contributed by atoms with Crippen LogP contribution in [0.3, 0.4) is 0 Å². The molecule has 0 bridgehead atoms. The second-order valence-electron chi connectivity index (χ2n) is 7.99. The number of imidazole rings is 1. The number of hydrogen-bond donors (Lipinski definition) is 1. The van der Waals surface area contributed by atoms with Gasteiger partial charge in [0.15, 0.2) is 0 Å². The van der Waals surface area contributed by atoms with Crippen LogP contribution in [0.15, 0.2) is 24.3 Å². The summed E-state index contributed by atoms with van der Waals surface area (Å²) in [5, 5.41) is 0. The molecule has 5 heteroatoms. The van der Waals surface area contributed by atoms with Crippen molar-refractivity contribution in [2.45, 2.75) is 45.7 Å². The smallest absolute Gasteiger partial charge is 0.224 e. The standard InChI is InChI=1S/C20H28N4O/c1-14(2)18-12-23(10-9-20(25)24(18)11-15-7-8-15)13-19-21-16-5-3-4-6-17(16)22-19/h3-6,14-15,18H,7-13H2,1-2H3,(H,21,22)/t18-/m0/s1. The predicted octanol–water partition coefficient (Wildman–Crippen LogP) is 3.03. The third-order valence-corrected chi connectivity index (χ3v) is 5.54. The van der Waals surface area contributed by atoms with E-state index in [2.05, 4.69) is 34.7 Å². The van der Waals surface area contributed by atoms with E-state index in [4.69, 9.17) is 4.98 Å². The van der Waals surface area contributed by atoms with E-state index in [-0.39, 0.29) is 0 Å². The Balaban J connectivity index is 1.50. The SMILES string of the molecule is CC(C)[C@@H]1CN(Cc2nc3ccccc3[nH]2)CCC(=O)N1CC1CC1. The first-order valence-corrected chi connectivity index (χ1v) is 9.55. The molecule has 0 spiro atoms. The number of aromatic amines is 1. The summed E-state index contributed by atoms with van der Waals surface area (Å²) < 4.78 is 0. The average Bonchev–Trinajstić information content (AvgIpc) is 3.33. The van der Waals surface area contributed by atoms with Gasteiger partial charge in [-0.3, -0.25) is 9.69 Å². The highest BCUT2D eigenvalue weighted by Gasteiger charge is 2.35. The minimum absolute atomic E-state index is 0.306. The van der Waals surface area contributed by atoms with Crippen molar-refractivity contribution in [1.82, 2.24) is 19.8 Å². The van der Waals surface area contributed by atoms with Crippen LogP contribution in [0.4, 0.5) is 0 Å². The lowest BCUT2D eigenvalue weighted by Crippen LogP contribution is -2.47. The van der Waals surface area contributed by atoms with E-state index >= 15 is 0 Å². The predicted molar refractivity (Wildman–Crippen MR) is 99.1 cm³/mol. The van der Waals surface area contributed by atoms with Crippen molar-refractivity contribution in [2.75, 3.05) is 19.6 Å². The largest absolute Gasteiger partial charge is 0.341 e. The van der Waals surface area contributed by atoms with Crippen LogP contribution in [0.1, 0.15) is 38.9 Å². The maximum absolute atomic E-state index is 12.7. The zero-order valence-electron chi connectivity index (χ0n) is 15.2. The molecule has 1 aliphatic heterocycles. The maximum Gasteiger partial charge on any atom is 0.224 e. The Hall–Kier alpha value is -1.88. The topological polar surface area (TPSA) is 52.2 Å². The molecule has 1 amide bonds. The number of carbonyl (C=O) groups excluding carboxylic acids is 1. The van der Waals surface area contributed by atoms with Crippen LogP contribution < -0.4 is 0 Å². The quantitative estimate of drug-likeness (QED) is 0.910. The monoisotopic (exact) mass is 340 g/mol. The maximum atomic E-state index is 12.7. The van der Waals surface area contributed by atoms with E-state index in [1.54, 1.807) is 0 Å². The highest BCUT2D eigenvalue weighted by atomic mass is 16.2. The second kappa shape index (κ2) is 6.79. The van der Waals surface area contributed by atoms with Crippen LogP contribution in [0, 0.1) is 11.8 Å². The van der Waals surface area contributed by atoms with Crippen LogP contribution in [0.25, 0.3) is 11.0 Å². The molecular weight excluding hydrogens is 312 g/mol. The molecule has 1 aromatic heterocycles. The van der Waals surface area contributed by atoms with E-state index in [0.717, 1.165) is 49.0 Å². The third-order valence-electron chi connectivity index (χ3n) is 5.54. The Bertz CT molecular complexity index is 716. The van der Waals surface area contributed by atoms with Crippen LogP contribution in [0.5, 0.6) is 0 Å². The molecule has 0 unspecified atom stereocenters. The molecule has 2 fully saturated rings. The van der Waals surface area contributed by atoms with Crippen molar-refractivity contribution in [3.63, 3.8) is 0 Å². The van der Waals surface area contributed by atoms with Gasteiger partial charge in [-0.05, 0) is 36.8 Å². The number of nitrogens with zero attached hydrogens (tertiary/aromatic N) is 3. The minimum atomic E-state index is 0.306. The summed E-state index contributed by atoms with van der Waals surface area (Å²) in [6.45, 7) is 7.97. The number of benzene rings is 1. The molecule has 1 saturated carbocycles. The number of carbonyl (C=O) groups is 1. The fourth-order valence-electron chi connectivity index (χ4n) is 3.86. The van der Waals surface area contributed by atoms with Crippen LogP contribution in [0.2, 0.25) is 0 Å². The van der Waals surface area contributed by atoms with E-state index in [1.165, 1.54) is 12.8 Å². The zero-order valence-corrected chi connectivity index (χ0v) is 15.2. The lowest BCUT2D eigenvalue weighted by molar-refractivity contribution is -0.133. The Morgan fingerprint density at radius 2 is 2.08 bits per heavy atom. The number of fused-ring (bicyclic) bond motifs is 1. The van der Waals surface area contributed by atoms with E-state index in [0.29, 0.717) is 24.3 Å². The summed E-state index contributed by atoms with van der Waals surface area (Å²) >= 11 is 0. The van der Waals surface area contributed by atoms with E-state index in [1.807, 2.05) is 18.2 Å². The number of amides is 1. The molecule has 2 aliphatic rings. The minimum Gasteiger partial charge on any atom is -0.341 e. The molecule has 4 rings (SSSR count). The molecule has 25 heavy (non-hydrogen) atoms. The first kappa shape index (κ1) is 16.6. The van der Waals surface area contributed by atoms with Crippen molar-refractivity contribution in [2.24, 2.45) is 11.8 Å². The second-order valence-corrected chi connectivity index (χ2v) is 7.99. The number of hydrogen-bond acceptors (Lipinski definition) is 3. The number of rotatable bonds is 5. The molecule has 0 radical (unpaired) electrons. The lowest BCUT2D eigenvalue weighted by Gasteiger charge is -2.34. The van der Waals surface area contributed by atoms with Crippen molar-refractivity contribution < 1.29 is 4.79 Å². The van der Waals surface area contributed by atoms with Gasteiger partial charge in [-0.1, -0.05) is 26.0 Å². The van der Waals surface area contributed by atoms with Gasteiger partial charge in [0.1, 0.15) is 5.82 Å². The van der Waals surface area contributed by atoms with Crippen molar-refractivity contribution in [3.8, 4) is 0 Å². The van der Waals surface area contributed by atoms with E-state index < -0.39 is 0 Å². The molecule has 2 aromatic rings. The molecule has 1 saturated heterocycles. The molecule has 5 nitrogen and oxygen atoms in total. The zero-order chi connectivity index (χ0) is 17.4. The first-order valence-electron chi connectivity index (χ1n) is 9.55. The van der Waals surface area contributed by atoms with Gasteiger partial charge in [0.25, 0.3) is 0 Å². The van der Waals surface area contributed by atoms with Gasteiger partial charge in [-0.25, -0.2) is 4.98 Å². The number of nitrogens with one attached hydrogen (secondary N) is 1. The summed E-state index contributed by atoms with van der Waals surface area (Å²) in [5.74, 6) is 2.54.